The Morgan fingerprint density at radius 1 is 1.28 bits per heavy atom. The van der Waals surface area contributed by atoms with Crippen molar-refractivity contribution in [2.75, 3.05) is 26.4 Å². The molecule has 2 heterocycles. The highest BCUT2D eigenvalue weighted by Gasteiger charge is 2.15. The van der Waals surface area contributed by atoms with E-state index >= 15 is 0 Å². The number of nitrogens with one attached hydrogen (secondary N) is 1. The summed E-state index contributed by atoms with van der Waals surface area (Å²) in [6.45, 7) is 2.49. The van der Waals surface area contributed by atoms with Crippen molar-refractivity contribution in [3.05, 3.63) is 48.0 Å². The van der Waals surface area contributed by atoms with Gasteiger partial charge in [-0.3, -0.25) is 4.79 Å². The standard InChI is InChI=1S/C19H22FNO4/c20-16-7-2-1-6-15(16)17-8-9-18(25-17)19(22)21-10-4-11-23-13-14-5-3-12-24-14/h1-2,6-9,14H,3-5,10-13H2,(H,21,22). The second-order valence-corrected chi connectivity index (χ2v) is 5.96. The Morgan fingerprint density at radius 2 is 2.16 bits per heavy atom. The van der Waals surface area contributed by atoms with E-state index < -0.39 is 0 Å². The van der Waals surface area contributed by atoms with Gasteiger partial charge in [0.2, 0.25) is 0 Å². The van der Waals surface area contributed by atoms with Crippen LogP contribution in [-0.4, -0.2) is 38.4 Å². The van der Waals surface area contributed by atoms with Crippen LogP contribution in [0.25, 0.3) is 11.3 Å². The second-order valence-electron chi connectivity index (χ2n) is 5.96. The highest BCUT2D eigenvalue weighted by molar-refractivity contribution is 5.92. The van der Waals surface area contributed by atoms with Gasteiger partial charge in [0, 0.05) is 19.8 Å². The van der Waals surface area contributed by atoms with Crippen LogP contribution in [0.3, 0.4) is 0 Å². The monoisotopic (exact) mass is 347 g/mol. The van der Waals surface area contributed by atoms with Crippen LogP contribution in [0.5, 0.6) is 0 Å². The molecule has 0 spiro atoms. The topological polar surface area (TPSA) is 60.7 Å². The van der Waals surface area contributed by atoms with Crippen molar-refractivity contribution in [2.45, 2.75) is 25.4 Å². The van der Waals surface area contributed by atoms with Crippen molar-refractivity contribution >= 4 is 5.91 Å². The maximum atomic E-state index is 13.7. The fourth-order valence-electron chi connectivity index (χ4n) is 2.72. The summed E-state index contributed by atoms with van der Waals surface area (Å²) < 4.78 is 30.2. The van der Waals surface area contributed by atoms with Crippen molar-refractivity contribution in [1.82, 2.24) is 5.32 Å². The SMILES string of the molecule is O=C(NCCCOCC1CCCO1)c1ccc(-c2ccccc2F)o1. The van der Waals surface area contributed by atoms with Gasteiger partial charge in [-0.2, -0.15) is 0 Å². The van der Waals surface area contributed by atoms with Gasteiger partial charge in [-0.1, -0.05) is 12.1 Å². The van der Waals surface area contributed by atoms with Gasteiger partial charge < -0.3 is 19.2 Å². The molecule has 1 saturated heterocycles. The number of furan rings is 1. The molecule has 1 N–H and O–H groups in total. The molecule has 0 aliphatic carbocycles. The molecule has 1 aromatic carbocycles. The molecular weight excluding hydrogens is 325 g/mol. The van der Waals surface area contributed by atoms with E-state index in [0.29, 0.717) is 37.5 Å². The number of hydrogen-bond donors (Lipinski definition) is 1. The Bertz CT molecular complexity index is 694. The lowest BCUT2D eigenvalue weighted by molar-refractivity contribution is 0.0166. The molecule has 6 heteroatoms. The molecule has 1 aromatic heterocycles. The molecule has 1 unspecified atom stereocenters. The molecule has 0 bridgehead atoms. The zero-order valence-electron chi connectivity index (χ0n) is 14.0. The van der Waals surface area contributed by atoms with Gasteiger partial charge in [0.15, 0.2) is 5.76 Å². The molecule has 5 nitrogen and oxygen atoms in total. The minimum absolute atomic E-state index is 0.165. The van der Waals surface area contributed by atoms with Crippen LogP contribution in [0.15, 0.2) is 40.8 Å². The normalized spacial score (nSPS) is 16.9. The third-order valence-corrected chi connectivity index (χ3v) is 4.05. The molecule has 1 aliphatic rings. The molecule has 3 rings (SSSR count). The number of halogens is 1. The number of benzene rings is 1. The fraction of sp³-hybridized carbons (Fsp3) is 0.421. The molecule has 25 heavy (non-hydrogen) atoms. The number of rotatable bonds is 8. The summed E-state index contributed by atoms with van der Waals surface area (Å²) in [4.78, 5) is 12.1. The summed E-state index contributed by atoms with van der Waals surface area (Å²) in [5.41, 5.74) is 0.337. The van der Waals surface area contributed by atoms with Gasteiger partial charge in [0.05, 0.1) is 18.3 Å². The van der Waals surface area contributed by atoms with Crippen LogP contribution >= 0.6 is 0 Å². The van der Waals surface area contributed by atoms with Gasteiger partial charge in [0.1, 0.15) is 11.6 Å². The first-order valence-corrected chi connectivity index (χ1v) is 8.56. The summed E-state index contributed by atoms with van der Waals surface area (Å²) in [6, 6.07) is 9.44. The summed E-state index contributed by atoms with van der Waals surface area (Å²) in [5.74, 6) is -0.199. The predicted molar refractivity (Wildman–Crippen MR) is 90.8 cm³/mol. The minimum Gasteiger partial charge on any atom is -0.451 e. The summed E-state index contributed by atoms with van der Waals surface area (Å²) in [5, 5.41) is 2.77. The van der Waals surface area contributed by atoms with Gasteiger partial charge in [-0.15, -0.1) is 0 Å². The second kappa shape index (κ2) is 8.78. The number of hydrogen-bond acceptors (Lipinski definition) is 4. The lowest BCUT2D eigenvalue weighted by Gasteiger charge is -2.10. The predicted octanol–water partition coefficient (Wildman–Crippen LogP) is 3.40. The van der Waals surface area contributed by atoms with E-state index in [4.69, 9.17) is 13.9 Å². The zero-order chi connectivity index (χ0) is 17.5. The quantitative estimate of drug-likeness (QED) is 0.744. The number of carbonyl (C=O) groups is 1. The van der Waals surface area contributed by atoms with Crippen LogP contribution < -0.4 is 5.32 Å². The van der Waals surface area contributed by atoms with E-state index in [1.165, 1.54) is 6.07 Å². The fourth-order valence-corrected chi connectivity index (χ4v) is 2.72. The minimum atomic E-state index is -0.382. The van der Waals surface area contributed by atoms with E-state index in [2.05, 4.69) is 5.32 Å². The summed E-state index contributed by atoms with van der Waals surface area (Å²) >= 11 is 0. The van der Waals surface area contributed by atoms with Crippen LogP contribution in [0.2, 0.25) is 0 Å². The number of ether oxygens (including phenoxy) is 2. The zero-order valence-corrected chi connectivity index (χ0v) is 14.0. The Labute approximate surface area is 146 Å². The lowest BCUT2D eigenvalue weighted by atomic mass is 10.1. The van der Waals surface area contributed by atoms with E-state index in [1.807, 2.05) is 0 Å². The van der Waals surface area contributed by atoms with E-state index in [-0.39, 0.29) is 23.6 Å². The largest absolute Gasteiger partial charge is 0.451 e. The highest BCUT2D eigenvalue weighted by atomic mass is 19.1. The van der Waals surface area contributed by atoms with Crippen LogP contribution in [0, 0.1) is 5.82 Å². The molecule has 2 aromatic rings. The van der Waals surface area contributed by atoms with Gasteiger partial charge >= 0.3 is 0 Å². The summed E-state index contributed by atoms with van der Waals surface area (Å²) in [7, 11) is 0. The first-order chi connectivity index (χ1) is 12.2. The first-order valence-electron chi connectivity index (χ1n) is 8.56. The summed E-state index contributed by atoms with van der Waals surface area (Å²) in [6.07, 6.45) is 3.08. The first kappa shape index (κ1) is 17.6. The maximum absolute atomic E-state index is 13.7. The van der Waals surface area contributed by atoms with Crippen molar-refractivity contribution in [2.24, 2.45) is 0 Å². The molecule has 1 aliphatic heterocycles. The maximum Gasteiger partial charge on any atom is 0.287 e. The number of carbonyl (C=O) groups excluding carboxylic acids is 1. The molecule has 1 fully saturated rings. The molecule has 1 atom stereocenters. The van der Waals surface area contributed by atoms with Gasteiger partial charge in [-0.05, 0) is 43.5 Å². The molecular formula is C19H22FNO4. The van der Waals surface area contributed by atoms with E-state index in [0.717, 1.165) is 19.4 Å². The van der Waals surface area contributed by atoms with Gasteiger partial charge in [0.25, 0.3) is 5.91 Å². The van der Waals surface area contributed by atoms with Crippen molar-refractivity contribution in [1.29, 1.82) is 0 Å². The molecule has 0 saturated carbocycles. The van der Waals surface area contributed by atoms with Crippen molar-refractivity contribution in [3.63, 3.8) is 0 Å². The molecule has 0 radical (unpaired) electrons. The van der Waals surface area contributed by atoms with Crippen molar-refractivity contribution in [3.8, 4) is 11.3 Å². The Morgan fingerprint density at radius 3 is 2.96 bits per heavy atom. The van der Waals surface area contributed by atoms with Crippen LogP contribution in [0.4, 0.5) is 4.39 Å². The molecule has 134 valence electrons. The Hall–Kier alpha value is -2.18. The van der Waals surface area contributed by atoms with Crippen LogP contribution in [-0.2, 0) is 9.47 Å². The Balaban J connectivity index is 1.39. The van der Waals surface area contributed by atoms with E-state index in [9.17, 15) is 9.18 Å². The Kier molecular flexibility index (Phi) is 6.19. The number of amides is 1. The average Bonchev–Trinajstić information content (AvgIpc) is 3.30. The smallest absolute Gasteiger partial charge is 0.287 e. The van der Waals surface area contributed by atoms with Gasteiger partial charge in [-0.25, -0.2) is 4.39 Å². The third-order valence-electron chi connectivity index (χ3n) is 4.05. The lowest BCUT2D eigenvalue weighted by Crippen LogP contribution is -2.25. The van der Waals surface area contributed by atoms with Crippen LogP contribution in [0.1, 0.15) is 29.8 Å². The average molecular weight is 347 g/mol. The third kappa shape index (κ3) is 4.90. The van der Waals surface area contributed by atoms with E-state index in [1.54, 1.807) is 30.3 Å². The van der Waals surface area contributed by atoms with Crippen molar-refractivity contribution < 1.29 is 23.1 Å². The highest BCUT2D eigenvalue weighted by Crippen LogP contribution is 2.24. The molecule has 1 amide bonds.